The van der Waals surface area contributed by atoms with Crippen LogP contribution in [-0.2, 0) is 10.2 Å². The maximum atomic E-state index is 13.8. The van der Waals surface area contributed by atoms with Gasteiger partial charge >= 0.3 is 5.63 Å². The van der Waals surface area contributed by atoms with Crippen LogP contribution in [0, 0.1) is 18.8 Å². The van der Waals surface area contributed by atoms with E-state index in [9.17, 15) is 14.7 Å². The second kappa shape index (κ2) is 10.4. The number of aromatic nitrogens is 1. The maximum Gasteiger partial charge on any atom is 0.366 e. The summed E-state index contributed by atoms with van der Waals surface area (Å²) in [6.07, 6.45) is 3.60. The molecule has 38 heavy (non-hydrogen) atoms. The number of anilines is 1. The number of carbonyl (C=O) groups is 1. The molecule has 1 amide bonds. The molecule has 1 aromatic heterocycles. The molecule has 0 radical (unpaired) electrons. The van der Waals surface area contributed by atoms with Crippen molar-refractivity contribution in [1.82, 2.24) is 5.16 Å². The van der Waals surface area contributed by atoms with E-state index in [0.717, 1.165) is 31.2 Å². The lowest BCUT2D eigenvalue weighted by atomic mass is 9.70. The predicted molar refractivity (Wildman–Crippen MR) is 148 cm³/mol. The van der Waals surface area contributed by atoms with Gasteiger partial charge in [-0.15, -0.1) is 0 Å². The van der Waals surface area contributed by atoms with Gasteiger partial charge in [0.1, 0.15) is 0 Å². The molecular formula is C31H27ClN2O4. The minimum absolute atomic E-state index is 0.0904. The van der Waals surface area contributed by atoms with E-state index in [4.69, 9.17) is 16.1 Å². The van der Waals surface area contributed by atoms with Gasteiger partial charge in [0.15, 0.2) is 0 Å². The number of carbonyl (C=O) groups excluding carboxylic acids is 1. The van der Waals surface area contributed by atoms with Gasteiger partial charge in [0.2, 0.25) is 5.60 Å². The summed E-state index contributed by atoms with van der Waals surface area (Å²) >= 11 is 6.63. The topological polar surface area (TPSA) is 92.4 Å². The van der Waals surface area contributed by atoms with Crippen molar-refractivity contribution in [2.75, 3.05) is 5.32 Å². The Labute approximate surface area is 225 Å². The molecule has 4 aromatic rings. The standard InChI is InChI=1S/C31H27ClN2O4/c1-21-25-19-23(13-14-24(25)28(35)38-34-21)33-29(36)31(37,18-15-22-9-3-2-4-10-22)20-30(16-7-8-17-30)26-11-5-6-12-27(26)32/h2-6,9-14,19,37H,7-8,16-17,20H2,1H3,(H,33,36). The van der Waals surface area contributed by atoms with Gasteiger partial charge < -0.3 is 14.9 Å². The number of aliphatic hydroxyl groups is 1. The van der Waals surface area contributed by atoms with Gasteiger partial charge in [-0.25, -0.2) is 4.79 Å². The van der Waals surface area contributed by atoms with Gasteiger partial charge in [0, 0.05) is 33.5 Å². The number of benzene rings is 3. The molecule has 1 aliphatic rings. The zero-order valence-corrected chi connectivity index (χ0v) is 21.7. The number of nitrogens with one attached hydrogen (secondary N) is 1. The van der Waals surface area contributed by atoms with Gasteiger partial charge in [0.25, 0.3) is 5.91 Å². The molecule has 7 heteroatoms. The van der Waals surface area contributed by atoms with Crippen LogP contribution in [0.4, 0.5) is 5.69 Å². The molecule has 0 aliphatic heterocycles. The average Bonchev–Trinajstić information content (AvgIpc) is 3.39. The molecular weight excluding hydrogens is 500 g/mol. The van der Waals surface area contributed by atoms with Gasteiger partial charge in [0.05, 0.1) is 11.1 Å². The van der Waals surface area contributed by atoms with E-state index in [-0.39, 0.29) is 6.42 Å². The molecule has 1 aliphatic carbocycles. The molecule has 0 spiro atoms. The Morgan fingerprint density at radius 3 is 2.53 bits per heavy atom. The molecule has 1 atom stereocenters. The Kier molecular flexibility index (Phi) is 7.07. The van der Waals surface area contributed by atoms with Crippen molar-refractivity contribution in [2.24, 2.45) is 0 Å². The van der Waals surface area contributed by atoms with Crippen LogP contribution < -0.4 is 10.9 Å². The third-order valence-corrected chi connectivity index (χ3v) is 7.65. The van der Waals surface area contributed by atoms with E-state index >= 15 is 0 Å². The third kappa shape index (κ3) is 5.08. The first-order valence-electron chi connectivity index (χ1n) is 12.6. The van der Waals surface area contributed by atoms with E-state index in [0.29, 0.717) is 32.7 Å². The Morgan fingerprint density at radius 1 is 1.08 bits per heavy atom. The number of rotatable bonds is 5. The zero-order chi connectivity index (χ0) is 26.8. The van der Waals surface area contributed by atoms with Gasteiger partial charge in [-0.1, -0.05) is 77.8 Å². The monoisotopic (exact) mass is 526 g/mol. The molecule has 2 N–H and O–H groups in total. The largest absolute Gasteiger partial charge is 0.369 e. The highest BCUT2D eigenvalue weighted by molar-refractivity contribution is 6.31. The van der Waals surface area contributed by atoms with Crippen LogP contribution in [0.3, 0.4) is 0 Å². The van der Waals surface area contributed by atoms with Crippen LogP contribution in [0.25, 0.3) is 10.8 Å². The molecule has 5 rings (SSSR count). The van der Waals surface area contributed by atoms with Crippen LogP contribution in [0.5, 0.6) is 0 Å². The second-order valence-corrected chi connectivity index (χ2v) is 10.3. The quantitative estimate of drug-likeness (QED) is 0.322. The summed E-state index contributed by atoms with van der Waals surface area (Å²) in [6.45, 7) is 1.71. The van der Waals surface area contributed by atoms with Crippen molar-refractivity contribution in [3.8, 4) is 11.8 Å². The number of hydrogen-bond donors (Lipinski definition) is 2. The molecule has 192 valence electrons. The summed E-state index contributed by atoms with van der Waals surface area (Å²) in [6, 6.07) is 21.7. The SMILES string of the molecule is Cc1noc(=O)c2ccc(NC(=O)C(O)(C#Cc3ccccc3)CC3(c4ccccc4Cl)CCCC3)cc12. The Hall–Kier alpha value is -3.92. The molecule has 0 bridgehead atoms. The van der Waals surface area contributed by atoms with E-state index in [2.05, 4.69) is 22.3 Å². The summed E-state index contributed by atoms with van der Waals surface area (Å²) in [5.74, 6) is 5.26. The van der Waals surface area contributed by atoms with Crippen LogP contribution in [0.15, 0.2) is 82.1 Å². The first-order valence-corrected chi connectivity index (χ1v) is 12.9. The Morgan fingerprint density at radius 2 is 1.79 bits per heavy atom. The molecule has 1 heterocycles. The van der Waals surface area contributed by atoms with Crippen LogP contribution in [0.1, 0.15) is 48.9 Å². The van der Waals surface area contributed by atoms with Crippen molar-refractivity contribution >= 4 is 34.0 Å². The molecule has 1 saturated carbocycles. The second-order valence-electron chi connectivity index (χ2n) is 9.89. The summed E-state index contributed by atoms with van der Waals surface area (Å²) < 4.78 is 4.80. The lowest BCUT2D eigenvalue weighted by Gasteiger charge is -2.36. The lowest BCUT2D eigenvalue weighted by molar-refractivity contribution is -0.130. The number of amides is 1. The van der Waals surface area contributed by atoms with Gasteiger partial charge in [-0.3, -0.25) is 4.79 Å². The fourth-order valence-corrected chi connectivity index (χ4v) is 5.73. The first-order chi connectivity index (χ1) is 18.3. The van der Waals surface area contributed by atoms with Gasteiger partial charge in [-0.2, -0.15) is 0 Å². The van der Waals surface area contributed by atoms with Crippen molar-refractivity contribution in [1.29, 1.82) is 0 Å². The molecule has 6 nitrogen and oxygen atoms in total. The normalized spacial score (nSPS) is 15.9. The maximum absolute atomic E-state index is 13.8. The highest BCUT2D eigenvalue weighted by Crippen LogP contribution is 2.48. The van der Waals surface area contributed by atoms with Crippen molar-refractivity contribution < 1.29 is 14.4 Å². The molecule has 1 fully saturated rings. The van der Waals surface area contributed by atoms with Crippen LogP contribution >= 0.6 is 11.6 Å². The van der Waals surface area contributed by atoms with Crippen molar-refractivity contribution in [3.63, 3.8) is 0 Å². The smallest absolute Gasteiger partial charge is 0.366 e. The van der Waals surface area contributed by atoms with E-state index < -0.39 is 22.5 Å². The predicted octanol–water partition coefficient (Wildman–Crippen LogP) is 5.77. The zero-order valence-electron chi connectivity index (χ0n) is 21.0. The fourth-order valence-electron chi connectivity index (χ4n) is 5.39. The lowest BCUT2D eigenvalue weighted by Crippen LogP contribution is -2.47. The number of fused-ring (bicyclic) bond motifs is 1. The molecule has 1 unspecified atom stereocenters. The molecule has 0 saturated heterocycles. The highest BCUT2D eigenvalue weighted by atomic mass is 35.5. The van der Waals surface area contributed by atoms with Crippen molar-refractivity contribution in [3.05, 3.63) is 105 Å². The minimum atomic E-state index is -2.02. The van der Waals surface area contributed by atoms with E-state index in [1.165, 1.54) is 0 Å². The highest BCUT2D eigenvalue weighted by Gasteiger charge is 2.47. The van der Waals surface area contributed by atoms with E-state index in [1.807, 2.05) is 54.6 Å². The number of aryl methyl sites for hydroxylation is 1. The van der Waals surface area contributed by atoms with Crippen LogP contribution in [-0.4, -0.2) is 21.8 Å². The summed E-state index contributed by atoms with van der Waals surface area (Å²) in [5, 5.41) is 20.1. The van der Waals surface area contributed by atoms with Crippen molar-refractivity contribution in [2.45, 2.75) is 50.0 Å². The summed E-state index contributed by atoms with van der Waals surface area (Å²) in [7, 11) is 0. The minimum Gasteiger partial charge on any atom is -0.369 e. The van der Waals surface area contributed by atoms with Gasteiger partial charge in [-0.05, 0) is 61.7 Å². The Balaban J connectivity index is 1.55. The number of nitrogens with zero attached hydrogens (tertiary/aromatic N) is 1. The average molecular weight is 527 g/mol. The van der Waals surface area contributed by atoms with E-state index in [1.54, 1.807) is 25.1 Å². The Bertz CT molecular complexity index is 1610. The number of hydrogen-bond acceptors (Lipinski definition) is 5. The fraction of sp³-hybridized carbons (Fsp3) is 0.258. The first kappa shape index (κ1) is 25.7. The number of halogens is 1. The summed E-state index contributed by atoms with van der Waals surface area (Å²) in [4.78, 5) is 25.8. The third-order valence-electron chi connectivity index (χ3n) is 7.32. The summed E-state index contributed by atoms with van der Waals surface area (Å²) in [5.41, 5.74) is -0.538. The molecule has 3 aromatic carbocycles. The van der Waals surface area contributed by atoms with Crippen LogP contribution in [0.2, 0.25) is 5.02 Å².